The van der Waals surface area contributed by atoms with Gasteiger partial charge in [0.15, 0.2) is 5.78 Å². The largest absolute Gasteiger partial charge is 0.374 e. The third-order valence-corrected chi connectivity index (χ3v) is 6.58. The first-order valence-electron chi connectivity index (χ1n) is 10.8. The van der Waals surface area contributed by atoms with E-state index in [9.17, 15) is 4.79 Å². The Morgan fingerprint density at radius 2 is 2.04 bits per heavy atom. The summed E-state index contributed by atoms with van der Waals surface area (Å²) in [4.78, 5) is 12.5. The SMILES string of the molecule is CC(C)OC1CCC(c2cc(C(=O)CCCC3CCCCC3)no2)CC1Cl. The van der Waals surface area contributed by atoms with Crippen molar-refractivity contribution >= 4 is 17.4 Å². The van der Waals surface area contributed by atoms with Crippen LogP contribution >= 0.6 is 11.6 Å². The maximum atomic E-state index is 12.5. The third-order valence-electron chi connectivity index (χ3n) is 6.12. The van der Waals surface area contributed by atoms with Crippen LogP contribution in [-0.2, 0) is 4.74 Å². The van der Waals surface area contributed by atoms with Gasteiger partial charge in [-0.2, -0.15) is 0 Å². The van der Waals surface area contributed by atoms with Crippen molar-refractivity contribution in [1.29, 1.82) is 0 Å². The molecule has 4 nitrogen and oxygen atoms in total. The summed E-state index contributed by atoms with van der Waals surface area (Å²) >= 11 is 6.53. The lowest BCUT2D eigenvalue weighted by atomic mass is 9.85. The normalized spacial score (nSPS) is 27.2. The number of hydrogen-bond acceptors (Lipinski definition) is 4. The molecular formula is C22H34ClNO3. The van der Waals surface area contributed by atoms with E-state index >= 15 is 0 Å². The van der Waals surface area contributed by atoms with Gasteiger partial charge in [0.2, 0.25) is 0 Å². The molecule has 0 radical (unpaired) electrons. The number of ether oxygens (including phenoxy) is 1. The van der Waals surface area contributed by atoms with Gasteiger partial charge in [-0.25, -0.2) is 0 Å². The zero-order chi connectivity index (χ0) is 19.2. The highest BCUT2D eigenvalue weighted by Gasteiger charge is 2.33. The summed E-state index contributed by atoms with van der Waals surface area (Å²) in [5.41, 5.74) is 0.486. The van der Waals surface area contributed by atoms with Crippen molar-refractivity contribution in [2.24, 2.45) is 5.92 Å². The lowest BCUT2D eigenvalue weighted by Gasteiger charge is -2.32. The molecule has 2 saturated carbocycles. The van der Waals surface area contributed by atoms with Gasteiger partial charge in [-0.1, -0.05) is 43.7 Å². The van der Waals surface area contributed by atoms with Crippen LogP contribution in [0.3, 0.4) is 0 Å². The fraction of sp³-hybridized carbons (Fsp3) is 0.818. The van der Waals surface area contributed by atoms with E-state index in [2.05, 4.69) is 5.16 Å². The summed E-state index contributed by atoms with van der Waals surface area (Å²) < 4.78 is 11.4. The number of alkyl halides is 1. The minimum atomic E-state index is -0.0223. The van der Waals surface area contributed by atoms with Gasteiger partial charge in [-0.3, -0.25) is 4.79 Å². The number of carbonyl (C=O) groups is 1. The second-order valence-corrected chi connectivity index (χ2v) is 9.24. The van der Waals surface area contributed by atoms with Crippen LogP contribution in [0.25, 0.3) is 0 Å². The first-order valence-corrected chi connectivity index (χ1v) is 11.3. The van der Waals surface area contributed by atoms with Gasteiger partial charge in [0, 0.05) is 18.4 Å². The average molecular weight is 396 g/mol. The van der Waals surface area contributed by atoms with Gasteiger partial charge in [0.1, 0.15) is 11.5 Å². The Bertz CT molecular complexity index is 594. The molecule has 27 heavy (non-hydrogen) atoms. The second kappa shape index (κ2) is 10.1. The minimum absolute atomic E-state index is 0.0223. The molecule has 1 aromatic rings. The third kappa shape index (κ3) is 6.05. The fourth-order valence-electron chi connectivity index (χ4n) is 4.62. The van der Waals surface area contributed by atoms with Crippen molar-refractivity contribution in [3.8, 4) is 0 Å². The smallest absolute Gasteiger partial charge is 0.184 e. The molecule has 0 saturated heterocycles. The molecule has 2 aliphatic rings. The number of carbonyl (C=O) groups excluding carboxylic acids is 1. The van der Waals surface area contributed by atoms with Crippen molar-refractivity contribution < 1.29 is 14.1 Å². The molecule has 0 aliphatic heterocycles. The number of aromatic nitrogens is 1. The fourth-order valence-corrected chi connectivity index (χ4v) is 5.02. The highest BCUT2D eigenvalue weighted by atomic mass is 35.5. The predicted molar refractivity (Wildman–Crippen MR) is 108 cm³/mol. The molecule has 0 N–H and O–H groups in total. The van der Waals surface area contributed by atoms with Crippen LogP contribution in [0, 0.1) is 5.92 Å². The van der Waals surface area contributed by atoms with E-state index < -0.39 is 0 Å². The van der Waals surface area contributed by atoms with Crippen LogP contribution in [0.15, 0.2) is 10.6 Å². The van der Waals surface area contributed by atoms with E-state index in [1.54, 1.807) is 0 Å². The van der Waals surface area contributed by atoms with Crippen molar-refractivity contribution in [2.45, 2.75) is 108 Å². The number of nitrogens with zero attached hydrogens (tertiary/aromatic N) is 1. The lowest BCUT2D eigenvalue weighted by molar-refractivity contribution is -0.0131. The van der Waals surface area contributed by atoms with Gasteiger partial charge in [0.05, 0.1) is 17.6 Å². The van der Waals surface area contributed by atoms with Crippen molar-refractivity contribution in [2.75, 3.05) is 0 Å². The monoisotopic (exact) mass is 395 g/mol. The quantitative estimate of drug-likeness (QED) is 0.384. The molecule has 152 valence electrons. The molecule has 2 aliphatic carbocycles. The highest BCUT2D eigenvalue weighted by molar-refractivity contribution is 6.21. The number of Topliss-reactive ketones (excluding diaryl/α,β-unsaturated/α-hetero) is 1. The summed E-state index contributed by atoms with van der Waals surface area (Å²) in [5, 5.41) is 4.03. The molecule has 0 aromatic carbocycles. The van der Waals surface area contributed by atoms with Crippen molar-refractivity contribution in [1.82, 2.24) is 5.16 Å². The Balaban J connectivity index is 1.45. The minimum Gasteiger partial charge on any atom is -0.374 e. The Morgan fingerprint density at radius 3 is 2.74 bits per heavy atom. The molecule has 3 unspecified atom stereocenters. The number of halogens is 1. The topological polar surface area (TPSA) is 52.3 Å². The Labute approximate surface area is 168 Å². The van der Waals surface area contributed by atoms with E-state index in [-0.39, 0.29) is 29.3 Å². The van der Waals surface area contributed by atoms with Gasteiger partial charge in [-0.15, -0.1) is 11.6 Å². The number of ketones is 1. The number of rotatable bonds is 8. The van der Waals surface area contributed by atoms with Crippen LogP contribution in [0.2, 0.25) is 0 Å². The molecule has 5 heteroatoms. The Kier molecular flexibility index (Phi) is 7.77. The molecule has 2 fully saturated rings. The summed E-state index contributed by atoms with van der Waals surface area (Å²) in [6.07, 6.45) is 12.5. The van der Waals surface area contributed by atoms with E-state index in [1.807, 2.05) is 19.9 Å². The van der Waals surface area contributed by atoms with Crippen LogP contribution in [0.4, 0.5) is 0 Å². The molecule has 0 bridgehead atoms. The van der Waals surface area contributed by atoms with Crippen LogP contribution in [0.1, 0.15) is 107 Å². The van der Waals surface area contributed by atoms with E-state index in [1.165, 1.54) is 38.5 Å². The standard InChI is InChI=1S/C22H34ClNO3/c1-15(2)26-21-12-11-17(13-18(21)23)22-14-19(24-27-22)20(25)10-6-9-16-7-4-3-5-8-16/h14-18,21H,3-13H2,1-2H3. The molecule has 3 rings (SSSR count). The Morgan fingerprint density at radius 1 is 1.26 bits per heavy atom. The van der Waals surface area contributed by atoms with Gasteiger partial charge in [0.25, 0.3) is 0 Å². The van der Waals surface area contributed by atoms with E-state index in [0.29, 0.717) is 12.1 Å². The zero-order valence-corrected chi connectivity index (χ0v) is 17.5. The maximum absolute atomic E-state index is 12.5. The summed E-state index contributed by atoms with van der Waals surface area (Å²) in [7, 11) is 0. The first kappa shape index (κ1) is 20.9. The zero-order valence-electron chi connectivity index (χ0n) is 16.8. The van der Waals surface area contributed by atoms with Gasteiger partial charge in [-0.05, 0) is 45.4 Å². The van der Waals surface area contributed by atoms with E-state index in [4.69, 9.17) is 20.9 Å². The Hall–Kier alpha value is -0.870. The predicted octanol–water partition coefficient (Wildman–Crippen LogP) is 6.28. The first-order chi connectivity index (χ1) is 13.0. The maximum Gasteiger partial charge on any atom is 0.184 e. The average Bonchev–Trinajstić information content (AvgIpc) is 3.14. The van der Waals surface area contributed by atoms with Crippen LogP contribution in [0.5, 0.6) is 0 Å². The molecule has 1 heterocycles. The number of hydrogen-bond donors (Lipinski definition) is 0. The molecule has 1 aromatic heterocycles. The summed E-state index contributed by atoms with van der Waals surface area (Å²) in [6, 6.07) is 1.85. The lowest BCUT2D eigenvalue weighted by Crippen LogP contribution is -2.33. The summed E-state index contributed by atoms with van der Waals surface area (Å²) in [5.74, 6) is 1.97. The second-order valence-electron chi connectivity index (χ2n) is 8.68. The molecular weight excluding hydrogens is 362 g/mol. The summed E-state index contributed by atoms with van der Waals surface area (Å²) in [6.45, 7) is 4.08. The van der Waals surface area contributed by atoms with Crippen LogP contribution < -0.4 is 0 Å². The van der Waals surface area contributed by atoms with Gasteiger partial charge >= 0.3 is 0 Å². The highest BCUT2D eigenvalue weighted by Crippen LogP contribution is 2.37. The van der Waals surface area contributed by atoms with Crippen molar-refractivity contribution in [3.63, 3.8) is 0 Å². The molecule has 0 spiro atoms. The van der Waals surface area contributed by atoms with Gasteiger partial charge < -0.3 is 9.26 Å². The van der Waals surface area contributed by atoms with Crippen molar-refractivity contribution in [3.05, 3.63) is 17.5 Å². The van der Waals surface area contributed by atoms with Crippen LogP contribution in [-0.4, -0.2) is 28.5 Å². The molecule has 0 amide bonds. The van der Waals surface area contributed by atoms with E-state index in [0.717, 1.165) is 37.4 Å². The molecule has 3 atom stereocenters.